The molecule has 0 unspecified atom stereocenters. The zero-order valence-electron chi connectivity index (χ0n) is 12.1. The standard InChI is InChI=1S/C15H12N4O4/c1-2-23-14(21)9-3-5-10(6-4-9)19-13(20)11-12(18-15(19)22)17-8-7-16-11/h3-8H,2H2,1H3,(H,17,18,22). The second kappa shape index (κ2) is 5.84. The maximum atomic E-state index is 12.4. The Kier molecular flexibility index (Phi) is 3.71. The highest BCUT2D eigenvalue weighted by molar-refractivity contribution is 5.89. The van der Waals surface area contributed by atoms with E-state index in [1.807, 2.05) is 0 Å². The molecular formula is C15H12N4O4. The van der Waals surface area contributed by atoms with Crippen LogP contribution in [0.15, 0.2) is 46.2 Å². The Bertz CT molecular complexity index is 989. The van der Waals surface area contributed by atoms with E-state index >= 15 is 0 Å². The van der Waals surface area contributed by atoms with E-state index in [4.69, 9.17) is 4.74 Å². The van der Waals surface area contributed by atoms with Gasteiger partial charge >= 0.3 is 11.7 Å². The quantitative estimate of drug-likeness (QED) is 0.711. The number of esters is 1. The van der Waals surface area contributed by atoms with E-state index in [-0.39, 0.29) is 17.8 Å². The van der Waals surface area contributed by atoms with Crippen molar-refractivity contribution in [3.8, 4) is 5.69 Å². The molecule has 3 rings (SSSR count). The maximum Gasteiger partial charge on any atom is 0.338 e. The third-order valence-electron chi connectivity index (χ3n) is 3.17. The van der Waals surface area contributed by atoms with Crippen molar-refractivity contribution in [1.29, 1.82) is 0 Å². The number of benzene rings is 1. The molecule has 0 saturated heterocycles. The van der Waals surface area contributed by atoms with E-state index in [2.05, 4.69) is 15.0 Å². The predicted molar refractivity (Wildman–Crippen MR) is 81.7 cm³/mol. The van der Waals surface area contributed by atoms with Crippen LogP contribution in [0.2, 0.25) is 0 Å². The fourth-order valence-corrected chi connectivity index (χ4v) is 2.14. The monoisotopic (exact) mass is 312 g/mol. The molecule has 1 N–H and O–H groups in total. The van der Waals surface area contributed by atoms with Gasteiger partial charge in [-0.05, 0) is 31.2 Å². The molecule has 23 heavy (non-hydrogen) atoms. The number of nitrogens with one attached hydrogen (secondary N) is 1. The van der Waals surface area contributed by atoms with Crippen LogP contribution in [0.5, 0.6) is 0 Å². The molecular weight excluding hydrogens is 300 g/mol. The first-order valence-electron chi connectivity index (χ1n) is 6.85. The van der Waals surface area contributed by atoms with Crippen molar-refractivity contribution in [2.75, 3.05) is 6.61 Å². The number of nitrogens with zero attached hydrogens (tertiary/aromatic N) is 3. The molecule has 8 nitrogen and oxygen atoms in total. The summed E-state index contributed by atoms with van der Waals surface area (Å²) in [4.78, 5) is 46.5. The van der Waals surface area contributed by atoms with E-state index in [9.17, 15) is 14.4 Å². The summed E-state index contributed by atoms with van der Waals surface area (Å²) in [6.45, 7) is 1.98. The Hall–Kier alpha value is -3.29. The van der Waals surface area contributed by atoms with Gasteiger partial charge < -0.3 is 4.74 Å². The van der Waals surface area contributed by atoms with Crippen LogP contribution in [0.25, 0.3) is 16.9 Å². The molecule has 0 fully saturated rings. The van der Waals surface area contributed by atoms with Crippen LogP contribution < -0.4 is 11.2 Å². The zero-order chi connectivity index (χ0) is 16.4. The van der Waals surface area contributed by atoms with E-state index in [1.165, 1.54) is 36.7 Å². The van der Waals surface area contributed by atoms with Gasteiger partial charge in [-0.2, -0.15) is 0 Å². The molecule has 8 heteroatoms. The summed E-state index contributed by atoms with van der Waals surface area (Å²) >= 11 is 0. The van der Waals surface area contributed by atoms with Crippen LogP contribution in [0.4, 0.5) is 0 Å². The van der Waals surface area contributed by atoms with Crippen molar-refractivity contribution in [2.24, 2.45) is 0 Å². The van der Waals surface area contributed by atoms with Crippen LogP contribution in [0, 0.1) is 0 Å². The van der Waals surface area contributed by atoms with Crippen molar-refractivity contribution in [3.05, 3.63) is 63.1 Å². The minimum absolute atomic E-state index is 0.0570. The number of hydrogen-bond donors (Lipinski definition) is 1. The highest BCUT2D eigenvalue weighted by atomic mass is 16.5. The number of rotatable bonds is 3. The van der Waals surface area contributed by atoms with Crippen molar-refractivity contribution in [3.63, 3.8) is 0 Å². The molecule has 0 spiro atoms. The summed E-state index contributed by atoms with van der Waals surface area (Å²) < 4.78 is 5.82. The normalized spacial score (nSPS) is 10.7. The van der Waals surface area contributed by atoms with Crippen LogP contribution in [-0.2, 0) is 4.74 Å². The van der Waals surface area contributed by atoms with Gasteiger partial charge in [0, 0.05) is 12.4 Å². The molecule has 2 heterocycles. The maximum absolute atomic E-state index is 12.4. The van der Waals surface area contributed by atoms with Crippen LogP contribution >= 0.6 is 0 Å². The second-order valence-corrected chi connectivity index (χ2v) is 4.59. The van der Waals surface area contributed by atoms with Gasteiger partial charge in [-0.25, -0.2) is 24.1 Å². The highest BCUT2D eigenvalue weighted by Crippen LogP contribution is 2.08. The first kappa shape index (κ1) is 14.6. The zero-order valence-corrected chi connectivity index (χ0v) is 12.1. The SMILES string of the molecule is CCOC(=O)c1ccc(-n2c(=O)[nH]c3nccnc3c2=O)cc1. The molecule has 0 atom stereocenters. The van der Waals surface area contributed by atoms with Gasteiger partial charge in [0.1, 0.15) is 0 Å². The Morgan fingerprint density at radius 2 is 1.87 bits per heavy atom. The molecule has 0 radical (unpaired) electrons. The first-order chi connectivity index (χ1) is 11.1. The summed E-state index contributed by atoms with van der Waals surface area (Å²) in [6, 6.07) is 5.95. The topological polar surface area (TPSA) is 107 Å². The lowest BCUT2D eigenvalue weighted by molar-refractivity contribution is 0.0526. The lowest BCUT2D eigenvalue weighted by atomic mass is 10.2. The highest BCUT2D eigenvalue weighted by Gasteiger charge is 2.12. The third kappa shape index (κ3) is 2.61. The summed E-state index contributed by atoms with van der Waals surface area (Å²) in [5.74, 6) is -0.468. The minimum atomic E-state index is -0.633. The Morgan fingerprint density at radius 3 is 2.57 bits per heavy atom. The molecule has 2 aromatic heterocycles. The summed E-state index contributed by atoms with van der Waals surface area (Å²) in [7, 11) is 0. The van der Waals surface area contributed by atoms with Crippen molar-refractivity contribution < 1.29 is 9.53 Å². The van der Waals surface area contributed by atoms with Gasteiger partial charge in [0.2, 0.25) is 0 Å². The fourth-order valence-electron chi connectivity index (χ4n) is 2.14. The van der Waals surface area contributed by atoms with E-state index < -0.39 is 17.2 Å². The van der Waals surface area contributed by atoms with Gasteiger partial charge in [-0.15, -0.1) is 0 Å². The Balaban J connectivity index is 2.12. The molecule has 3 aromatic rings. The average Bonchev–Trinajstić information content (AvgIpc) is 2.56. The summed E-state index contributed by atoms with van der Waals surface area (Å²) in [5.41, 5.74) is -0.381. The average molecular weight is 312 g/mol. The number of hydrogen-bond acceptors (Lipinski definition) is 6. The fraction of sp³-hybridized carbons (Fsp3) is 0.133. The second-order valence-electron chi connectivity index (χ2n) is 4.59. The minimum Gasteiger partial charge on any atom is -0.462 e. The molecule has 0 aliphatic heterocycles. The summed E-state index contributed by atoms with van der Waals surface area (Å²) in [6.07, 6.45) is 2.76. The number of fused-ring (bicyclic) bond motifs is 1. The van der Waals surface area contributed by atoms with E-state index in [0.29, 0.717) is 11.3 Å². The van der Waals surface area contributed by atoms with Gasteiger partial charge in [-0.1, -0.05) is 0 Å². The van der Waals surface area contributed by atoms with Crippen LogP contribution in [0.1, 0.15) is 17.3 Å². The third-order valence-corrected chi connectivity index (χ3v) is 3.17. The largest absolute Gasteiger partial charge is 0.462 e. The van der Waals surface area contributed by atoms with Gasteiger partial charge in [0.15, 0.2) is 11.2 Å². The number of aromatic nitrogens is 4. The first-order valence-corrected chi connectivity index (χ1v) is 6.85. The summed E-state index contributed by atoms with van der Waals surface area (Å²) in [5, 5.41) is 0. The van der Waals surface area contributed by atoms with E-state index in [1.54, 1.807) is 6.92 Å². The molecule has 0 saturated carbocycles. The molecule has 0 aliphatic rings. The number of H-pyrrole nitrogens is 1. The lowest BCUT2D eigenvalue weighted by Gasteiger charge is -2.06. The van der Waals surface area contributed by atoms with Crippen molar-refractivity contribution >= 4 is 17.1 Å². The van der Waals surface area contributed by atoms with Gasteiger partial charge in [0.25, 0.3) is 5.56 Å². The van der Waals surface area contributed by atoms with Crippen LogP contribution in [-0.4, -0.2) is 32.1 Å². The number of carbonyl (C=O) groups is 1. The Labute approximate surface area is 129 Å². The smallest absolute Gasteiger partial charge is 0.338 e. The van der Waals surface area contributed by atoms with E-state index in [0.717, 1.165) is 4.57 Å². The predicted octanol–water partition coefficient (Wildman–Crippen LogP) is 0.646. The number of ether oxygens (including phenoxy) is 1. The molecule has 1 aromatic carbocycles. The van der Waals surface area contributed by atoms with Gasteiger partial charge in [0.05, 0.1) is 17.9 Å². The Morgan fingerprint density at radius 1 is 1.17 bits per heavy atom. The number of aromatic amines is 1. The number of carbonyl (C=O) groups excluding carboxylic acids is 1. The molecule has 0 aliphatic carbocycles. The molecule has 0 bridgehead atoms. The van der Waals surface area contributed by atoms with Crippen molar-refractivity contribution in [2.45, 2.75) is 6.92 Å². The van der Waals surface area contributed by atoms with Gasteiger partial charge in [-0.3, -0.25) is 9.78 Å². The lowest BCUT2D eigenvalue weighted by Crippen LogP contribution is -2.34. The van der Waals surface area contributed by atoms with Crippen molar-refractivity contribution in [1.82, 2.24) is 19.5 Å². The molecule has 0 amide bonds. The van der Waals surface area contributed by atoms with Crippen LogP contribution in [0.3, 0.4) is 0 Å². The molecule has 116 valence electrons.